The lowest BCUT2D eigenvalue weighted by molar-refractivity contribution is 0.474. The largest absolute Gasteiger partial charge is 0.544 e. The molecule has 0 atom stereocenters. The lowest BCUT2D eigenvalue weighted by Crippen LogP contribution is -2.58. The summed E-state index contributed by atoms with van der Waals surface area (Å²) in [5.41, 5.74) is 13.0. The number of phenols is 5. The number of hydrogen-bond donors (Lipinski definition) is 5. The van der Waals surface area contributed by atoms with Crippen LogP contribution in [0.25, 0.3) is 0 Å². The number of hydrogen-bond acceptors (Lipinski definition) is 7. The first-order chi connectivity index (χ1) is 42.7. The van der Waals surface area contributed by atoms with E-state index >= 15 is 0 Å². The Balaban J connectivity index is 0.000000169. The fraction of sp³-hybridized carbons (Fsp3) is 0.289. The van der Waals surface area contributed by atoms with Crippen molar-refractivity contribution >= 4 is 133 Å². The minimum Gasteiger partial charge on any atom is -0.544 e. The van der Waals surface area contributed by atoms with Gasteiger partial charge in [-0.05, 0) is 238 Å². The summed E-state index contributed by atoms with van der Waals surface area (Å²) in [5.74, 6) is 3.47. The van der Waals surface area contributed by atoms with Gasteiger partial charge in [-0.15, -0.1) is 0 Å². The molecule has 0 bridgehead atoms. The molecule has 2 heterocycles. The molecule has 11 rings (SSSR count). The van der Waals surface area contributed by atoms with E-state index in [-0.39, 0.29) is 21.6 Å². The van der Waals surface area contributed by atoms with Crippen LogP contribution in [0.15, 0.2) is 192 Å². The molecule has 0 saturated heterocycles. The van der Waals surface area contributed by atoms with Crippen molar-refractivity contribution in [2.75, 3.05) is 0 Å². The topological polar surface area (TPSA) is 120 Å². The molecule has 7 nitrogen and oxygen atoms in total. The second-order valence-corrected chi connectivity index (χ2v) is 50.7. The summed E-state index contributed by atoms with van der Waals surface area (Å²) in [6, 6.07) is 55.4. The molecule has 0 amide bonds. The Kier molecular flexibility index (Phi) is 24.4. The van der Waals surface area contributed by atoms with Gasteiger partial charge in [0, 0.05) is 22.4 Å². The van der Waals surface area contributed by atoms with Gasteiger partial charge in [0.1, 0.15) is 56.4 Å². The van der Waals surface area contributed by atoms with E-state index in [0.717, 1.165) is 70.7 Å². The van der Waals surface area contributed by atoms with E-state index in [9.17, 15) is 20.4 Å². The summed E-state index contributed by atoms with van der Waals surface area (Å²) in [7, 11) is -7.10. The molecule has 16 heteroatoms. The van der Waals surface area contributed by atoms with E-state index in [1.165, 1.54) is 54.9 Å². The maximum atomic E-state index is 9.70. The van der Waals surface area contributed by atoms with Crippen LogP contribution in [0.2, 0.25) is 62.5 Å². The van der Waals surface area contributed by atoms with E-state index < -0.39 is 32.8 Å². The van der Waals surface area contributed by atoms with Crippen molar-refractivity contribution in [2.45, 2.75) is 144 Å². The lowest BCUT2D eigenvalue weighted by atomic mass is 10.0. The van der Waals surface area contributed by atoms with Crippen LogP contribution in [0.5, 0.6) is 40.2 Å². The number of phenolic OH excluding ortho intramolecular Hbond substituents is 5. The van der Waals surface area contributed by atoms with Crippen LogP contribution in [0.1, 0.15) is 97.2 Å². The molecule has 0 unspecified atom stereocenters. The average Bonchev–Trinajstić information content (AvgIpc) is 0.754. The fourth-order valence-electron chi connectivity index (χ4n) is 10.8. The number of aromatic hydroxyl groups is 5. The molecule has 0 radical (unpaired) electrons. The Morgan fingerprint density at radius 3 is 1.09 bits per heavy atom. The molecule has 0 aromatic heterocycles. The maximum Gasteiger partial charge on any atom is 0.250 e. The zero-order chi connectivity index (χ0) is 68.1. The molecule has 9 aromatic carbocycles. The van der Waals surface area contributed by atoms with Crippen LogP contribution in [-0.4, -0.2) is 58.3 Å². The molecule has 486 valence electrons. The highest BCUT2D eigenvalue weighted by Gasteiger charge is 2.41. The van der Waals surface area contributed by atoms with E-state index in [0.29, 0.717) is 17.2 Å². The third kappa shape index (κ3) is 19.1. The van der Waals surface area contributed by atoms with Crippen molar-refractivity contribution in [3.63, 3.8) is 0 Å². The zero-order valence-corrected chi connectivity index (χ0v) is 67.9. The van der Waals surface area contributed by atoms with Gasteiger partial charge in [-0.2, -0.15) is 0 Å². The molecule has 0 saturated carbocycles. The van der Waals surface area contributed by atoms with Crippen LogP contribution < -0.4 is 29.6 Å². The first-order valence-corrected chi connectivity index (χ1v) is 46.7. The Bertz CT molecular complexity index is 3980. The third-order valence-corrected chi connectivity index (χ3v) is 37.6. The number of benzene rings is 9. The van der Waals surface area contributed by atoms with E-state index in [1.54, 1.807) is 65.0 Å². The Labute approximate surface area is 593 Å². The molecule has 5 N–H and O–H groups in total. The normalized spacial score (nSPS) is 13.4. The maximum absolute atomic E-state index is 9.70. The van der Waals surface area contributed by atoms with Crippen LogP contribution in [0, 0.1) is 13.8 Å². The Hall–Kier alpha value is -5.15. The highest BCUT2D eigenvalue weighted by atomic mass is 79.9. The second kappa shape index (κ2) is 30.3. The minimum absolute atomic E-state index is 0.199. The molecule has 9 aromatic rings. The van der Waals surface area contributed by atoms with Crippen LogP contribution in [0.3, 0.4) is 0 Å². The van der Waals surface area contributed by atoms with Crippen LogP contribution in [-0.2, 0) is 25.7 Å². The molecular formula is C76H89Br5O7Si4. The summed E-state index contributed by atoms with van der Waals surface area (Å²) >= 11 is 17.4. The van der Waals surface area contributed by atoms with Gasteiger partial charge >= 0.3 is 0 Å². The number of fused-ring (bicyclic) bond motifs is 4. The summed E-state index contributed by atoms with van der Waals surface area (Å²) < 4.78 is 17.9. The van der Waals surface area contributed by atoms with Gasteiger partial charge in [-0.1, -0.05) is 231 Å². The smallest absolute Gasteiger partial charge is 0.250 e. The van der Waals surface area contributed by atoms with Gasteiger partial charge in [0.25, 0.3) is 0 Å². The summed E-state index contributed by atoms with van der Waals surface area (Å²) in [6.45, 7) is 36.7. The molecule has 0 aliphatic carbocycles. The van der Waals surface area contributed by atoms with Crippen LogP contribution in [0.4, 0.5) is 0 Å². The fourth-order valence-corrected chi connectivity index (χ4v) is 21.9. The van der Waals surface area contributed by atoms with Crippen molar-refractivity contribution < 1.29 is 34.4 Å². The predicted molar refractivity (Wildman–Crippen MR) is 415 cm³/mol. The van der Waals surface area contributed by atoms with E-state index in [1.807, 2.05) is 42.5 Å². The molecule has 2 aliphatic rings. The molecule has 0 spiro atoms. The molecule has 92 heavy (non-hydrogen) atoms. The van der Waals surface area contributed by atoms with Crippen molar-refractivity contribution in [3.8, 4) is 40.2 Å². The standard InChI is InChI=1S/C22H32OSi2.C20H26Br2OSi.C15H16O2Si.C13H10Br2O2.C6H5BrO/c1-16-9-10-17-14-18-11-12-19(23-25(7,8)22(2,3)4)15-21(18)24(5,6)20(17)13-16;1-14-7-8-15(18(21)11-14)12-16-9-10-17(13-19(16)22)23-24(5,6)20(2,3)4;1-18(2)14-8-12(16)5-3-10(14)7-11-4-6-13(17)9-15(11)18;14-12-6-10(16)3-1-8(12)5-9-2-4-11(17)7-13(9)15;7-5-2-1-3-6(8)4-5/h9-13,15H,14H2,1-8H3;7-11,13H,12H2,1-6H3;3-6,8-9,16-17H,7H2,1-2H3;1-4,6-7,16-17H,5H2;1-4,8H. The first-order valence-electron chi connectivity index (χ1n) is 30.9. The predicted octanol–water partition coefficient (Wildman–Crippen LogP) is 20.8. The number of halogens is 5. The van der Waals surface area contributed by atoms with Gasteiger partial charge in [-0.3, -0.25) is 0 Å². The monoisotopic (exact) mass is 1620 g/mol. The summed E-state index contributed by atoms with van der Waals surface area (Å²) in [5, 5.41) is 53.0. The number of aryl methyl sites for hydroxylation is 2. The van der Waals surface area contributed by atoms with Gasteiger partial charge in [0.05, 0.1) is 0 Å². The van der Waals surface area contributed by atoms with Gasteiger partial charge in [0.2, 0.25) is 16.6 Å². The third-order valence-electron chi connectivity index (χ3n) is 18.2. The molecule has 0 fully saturated rings. The van der Waals surface area contributed by atoms with E-state index in [4.69, 9.17) is 14.0 Å². The van der Waals surface area contributed by atoms with Crippen molar-refractivity contribution in [3.05, 3.63) is 248 Å². The Morgan fingerprint density at radius 2 is 0.685 bits per heavy atom. The highest BCUT2D eigenvalue weighted by molar-refractivity contribution is 9.11. The summed E-state index contributed by atoms with van der Waals surface area (Å²) in [6.07, 6.45) is 3.56. The van der Waals surface area contributed by atoms with Crippen molar-refractivity contribution in [1.82, 2.24) is 0 Å². The van der Waals surface area contributed by atoms with Gasteiger partial charge < -0.3 is 34.4 Å². The van der Waals surface area contributed by atoms with Gasteiger partial charge in [-0.25, -0.2) is 0 Å². The van der Waals surface area contributed by atoms with Crippen molar-refractivity contribution in [2.24, 2.45) is 0 Å². The number of rotatable bonds is 8. The molecule has 2 aliphatic heterocycles. The average molecular weight is 1630 g/mol. The van der Waals surface area contributed by atoms with Crippen molar-refractivity contribution in [1.29, 1.82) is 0 Å². The Morgan fingerprint density at radius 1 is 0.370 bits per heavy atom. The van der Waals surface area contributed by atoms with Crippen LogP contribution >= 0.6 is 79.6 Å². The zero-order valence-electron chi connectivity index (χ0n) is 55.9. The molecular weight excluding hydrogens is 1540 g/mol. The summed E-state index contributed by atoms with van der Waals surface area (Å²) in [4.78, 5) is 0. The van der Waals surface area contributed by atoms with E-state index in [2.05, 4.69) is 260 Å². The highest BCUT2D eigenvalue weighted by Crippen LogP contribution is 2.40. The first kappa shape index (κ1) is 74.2. The lowest BCUT2D eigenvalue weighted by Gasteiger charge is -2.38. The second-order valence-electron chi connectivity index (χ2n) is 28.2. The van der Waals surface area contributed by atoms with Gasteiger partial charge in [0.15, 0.2) is 0 Å². The SMILES string of the molecule is C[Si]1(C)c2cc(O)ccc2Cc2ccc(O)cc21.Cc1ccc(Cc2ccc(O[Si](C)(C)C(C)(C)C)cc2Br)c(Br)c1.Cc1ccc2c(c1)[Si](C)(C)c1cc(O[Si](C)(C)C(C)(C)C)ccc1C2.Oc1ccc(Cc2ccc(O)cc2Br)c(Br)c1.Oc1cccc(Br)c1. The minimum atomic E-state index is -1.81. The quantitative estimate of drug-likeness (QED) is 0.0962.